The second-order valence-corrected chi connectivity index (χ2v) is 6.28. The van der Waals surface area contributed by atoms with Crippen LogP contribution in [0, 0.1) is 31.1 Å². The molecule has 0 aliphatic rings. The molecule has 0 radical (unpaired) electrons. The van der Waals surface area contributed by atoms with Crippen molar-refractivity contribution in [3.05, 3.63) is 28.6 Å². The number of nitrogens with two attached hydrogens (primary N) is 1. The zero-order valence-corrected chi connectivity index (χ0v) is 14.9. The van der Waals surface area contributed by atoms with E-state index in [1.165, 1.54) is 13.0 Å². The highest BCUT2D eigenvalue weighted by Crippen LogP contribution is 2.20. The van der Waals surface area contributed by atoms with E-state index in [4.69, 9.17) is 10.5 Å². The molecule has 0 unspecified atom stereocenters. The van der Waals surface area contributed by atoms with E-state index < -0.39 is 18.0 Å². The number of nitriles is 1. The first kappa shape index (κ1) is 19.5. The van der Waals surface area contributed by atoms with Crippen LogP contribution in [0.15, 0.2) is 11.6 Å². The van der Waals surface area contributed by atoms with Gasteiger partial charge in [0.1, 0.15) is 11.6 Å². The van der Waals surface area contributed by atoms with Crippen molar-refractivity contribution in [3.8, 4) is 6.07 Å². The highest BCUT2D eigenvalue weighted by atomic mass is 16.5. The van der Waals surface area contributed by atoms with E-state index in [1.807, 2.05) is 26.0 Å². The average Bonchev–Trinajstić information content (AvgIpc) is 2.76. The van der Waals surface area contributed by atoms with E-state index in [2.05, 4.69) is 18.4 Å². The molecule has 2 N–H and O–H groups in total. The fraction of sp³-hybridized carbons (Fsp3) is 0.500. The van der Waals surface area contributed by atoms with Crippen LogP contribution in [0.25, 0.3) is 6.08 Å². The first-order valence-electron chi connectivity index (χ1n) is 7.96. The lowest BCUT2D eigenvalue weighted by atomic mass is 10.1. The second-order valence-electron chi connectivity index (χ2n) is 6.28. The minimum Gasteiger partial charge on any atom is -0.448 e. The number of aryl methyl sites for hydroxylation is 1. The van der Waals surface area contributed by atoms with Crippen LogP contribution in [0.3, 0.4) is 0 Å². The summed E-state index contributed by atoms with van der Waals surface area (Å²) >= 11 is 0. The van der Waals surface area contributed by atoms with Gasteiger partial charge in [0.15, 0.2) is 6.10 Å². The number of hydrogen-bond acceptors (Lipinski definition) is 4. The van der Waals surface area contributed by atoms with E-state index >= 15 is 0 Å². The Labute approximate surface area is 142 Å². The summed E-state index contributed by atoms with van der Waals surface area (Å²) in [5.41, 5.74) is 7.74. The summed E-state index contributed by atoms with van der Waals surface area (Å²) in [5.74, 6) is -1.02. The van der Waals surface area contributed by atoms with Crippen LogP contribution in [0.4, 0.5) is 0 Å². The van der Waals surface area contributed by atoms with Crippen LogP contribution in [0.5, 0.6) is 0 Å². The monoisotopic (exact) mass is 331 g/mol. The number of amides is 1. The predicted octanol–water partition coefficient (Wildman–Crippen LogP) is 2.48. The Bertz CT molecular complexity index is 693. The van der Waals surface area contributed by atoms with E-state index in [1.54, 1.807) is 0 Å². The number of aromatic nitrogens is 1. The lowest BCUT2D eigenvalue weighted by Crippen LogP contribution is -2.30. The summed E-state index contributed by atoms with van der Waals surface area (Å²) in [4.78, 5) is 23.0. The van der Waals surface area contributed by atoms with Gasteiger partial charge in [-0.25, -0.2) is 4.79 Å². The van der Waals surface area contributed by atoms with E-state index in [9.17, 15) is 14.9 Å². The van der Waals surface area contributed by atoms with Gasteiger partial charge in [0.05, 0.1) is 0 Å². The van der Waals surface area contributed by atoms with E-state index in [0.29, 0.717) is 5.92 Å². The van der Waals surface area contributed by atoms with E-state index in [0.717, 1.165) is 29.9 Å². The Balaban J connectivity index is 3.05. The van der Waals surface area contributed by atoms with Crippen molar-refractivity contribution >= 4 is 18.0 Å². The summed E-state index contributed by atoms with van der Waals surface area (Å²) in [6.45, 7) is 10.5. The maximum atomic E-state index is 12.0. The van der Waals surface area contributed by atoms with Gasteiger partial charge < -0.3 is 15.0 Å². The van der Waals surface area contributed by atoms with Gasteiger partial charge >= 0.3 is 5.97 Å². The summed E-state index contributed by atoms with van der Waals surface area (Å²) in [6.07, 6.45) is 1.46. The quantitative estimate of drug-likeness (QED) is 0.471. The Kier molecular flexibility index (Phi) is 6.78. The summed E-state index contributed by atoms with van der Waals surface area (Å²) in [7, 11) is 0. The Hall–Kier alpha value is -2.55. The third-order valence-corrected chi connectivity index (χ3v) is 3.87. The number of carbonyl (C=O) groups excluding carboxylic acids is 2. The van der Waals surface area contributed by atoms with Gasteiger partial charge in [-0.05, 0) is 50.8 Å². The van der Waals surface area contributed by atoms with E-state index in [-0.39, 0.29) is 5.57 Å². The summed E-state index contributed by atoms with van der Waals surface area (Å²) in [5, 5.41) is 9.21. The van der Waals surface area contributed by atoms with Crippen LogP contribution >= 0.6 is 0 Å². The van der Waals surface area contributed by atoms with Gasteiger partial charge in [-0.2, -0.15) is 5.26 Å². The maximum Gasteiger partial charge on any atom is 0.349 e. The number of hydrogen-bond donors (Lipinski definition) is 1. The van der Waals surface area contributed by atoms with Gasteiger partial charge in [-0.15, -0.1) is 0 Å². The van der Waals surface area contributed by atoms with Gasteiger partial charge in [0, 0.05) is 17.9 Å². The topological polar surface area (TPSA) is 98.1 Å². The number of rotatable bonds is 7. The molecular formula is C18H25N3O3. The second kappa shape index (κ2) is 8.34. The first-order chi connectivity index (χ1) is 11.2. The lowest BCUT2D eigenvalue weighted by molar-refractivity contribution is -0.149. The Morgan fingerprint density at radius 3 is 2.50 bits per heavy atom. The SMILES string of the molecule is Cc1cc(/C=C(\C#N)C(=O)O[C@H](C)C(N)=O)c(C)n1CCC(C)C. The molecule has 24 heavy (non-hydrogen) atoms. The van der Waals surface area contributed by atoms with Crippen molar-refractivity contribution in [1.82, 2.24) is 4.57 Å². The van der Waals surface area contributed by atoms with Crippen molar-refractivity contribution in [3.63, 3.8) is 0 Å². The lowest BCUT2D eigenvalue weighted by Gasteiger charge is -2.11. The van der Waals surface area contributed by atoms with Gasteiger partial charge in [0.25, 0.3) is 5.91 Å². The molecule has 0 saturated heterocycles. The molecule has 1 amide bonds. The Morgan fingerprint density at radius 2 is 2.00 bits per heavy atom. The fourth-order valence-corrected chi connectivity index (χ4v) is 2.28. The molecule has 1 aromatic heterocycles. The average molecular weight is 331 g/mol. The third kappa shape index (κ3) is 4.98. The van der Waals surface area contributed by atoms with Gasteiger partial charge in [-0.1, -0.05) is 13.8 Å². The number of esters is 1. The maximum absolute atomic E-state index is 12.0. The molecule has 6 heteroatoms. The number of nitrogens with zero attached hydrogens (tertiary/aromatic N) is 2. The first-order valence-corrected chi connectivity index (χ1v) is 7.96. The minimum atomic E-state index is -1.08. The van der Waals surface area contributed by atoms with Crippen molar-refractivity contribution in [1.29, 1.82) is 5.26 Å². The molecule has 130 valence electrons. The van der Waals surface area contributed by atoms with Crippen LogP contribution < -0.4 is 5.73 Å². The molecule has 0 aliphatic heterocycles. The minimum absolute atomic E-state index is 0.160. The van der Waals surface area contributed by atoms with Crippen LogP contribution in [0.1, 0.15) is 44.1 Å². The molecule has 1 atom stereocenters. The number of ether oxygens (including phenoxy) is 1. The van der Waals surface area contributed by atoms with Crippen LogP contribution in [-0.2, 0) is 20.9 Å². The van der Waals surface area contributed by atoms with Crippen molar-refractivity contribution < 1.29 is 14.3 Å². The van der Waals surface area contributed by atoms with Gasteiger partial charge in [0.2, 0.25) is 0 Å². The molecule has 0 aromatic carbocycles. The smallest absolute Gasteiger partial charge is 0.349 e. The van der Waals surface area contributed by atoms with Crippen molar-refractivity contribution in [2.45, 2.75) is 53.7 Å². The zero-order valence-electron chi connectivity index (χ0n) is 14.9. The molecule has 1 rings (SSSR count). The zero-order chi connectivity index (χ0) is 18.4. The predicted molar refractivity (Wildman–Crippen MR) is 91.7 cm³/mol. The molecule has 0 bridgehead atoms. The highest BCUT2D eigenvalue weighted by molar-refractivity contribution is 5.99. The standard InChI is InChI=1S/C18H25N3O3/c1-11(2)6-7-21-12(3)8-15(13(21)4)9-16(10-19)18(23)24-14(5)17(20)22/h8-9,11,14H,6-7H2,1-5H3,(H2,20,22)/b16-9+/t14-/m1/s1. The fourth-order valence-electron chi connectivity index (χ4n) is 2.28. The highest BCUT2D eigenvalue weighted by Gasteiger charge is 2.19. The normalized spacial score (nSPS) is 12.8. The molecular weight excluding hydrogens is 306 g/mol. The van der Waals surface area contributed by atoms with Crippen LogP contribution in [0.2, 0.25) is 0 Å². The van der Waals surface area contributed by atoms with Crippen molar-refractivity contribution in [2.75, 3.05) is 0 Å². The summed E-state index contributed by atoms with van der Waals surface area (Å²) in [6, 6.07) is 3.75. The van der Waals surface area contributed by atoms with Crippen LogP contribution in [-0.4, -0.2) is 22.5 Å². The third-order valence-electron chi connectivity index (χ3n) is 3.87. The summed E-state index contributed by atoms with van der Waals surface area (Å²) < 4.78 is 7.05. The molecule has 0 fully saturated rings. The molecule has 1 aromatic rings. The molecule has 0 aliphatic carbocycles. The number of carbonyl (C=O) groups is 2. The largest absolute Gasteiger partial charge is 0.448 e. The number of primary amides is 1. The Morgan fingerprint density at radius 1 is 1.38 bits per heavy atom. The molecule has 0 saturated carbocycles. The molecule has 1 heterocycles. The molecule has 6 nitrogen and oxygen atoms in total. The van der Waals surface area contributed by atoms with Crippen molar-refractivity contribution in [2.24, 2.45) is 11.7 Å². The van der Waals surface area contributed by atoms with Gasteiger partial charge in [-0.3, -0.25) is 4.79 Å². The molecule has 0 spiro atoms.